The van der Waals surface area contributed by atoms with Gasteiger partial charge in [0.15, 0.2) is 5.88 Å². The summed E-state index contributed by atoms with van der Waals surface area (Å²) in [5.41, 5.74) is 0. The standard InChI is InChI=1S/C7H11NOS/c1-2-4-8-6-10-5-3-7(8)9/h2-5H2,1H3. The number of nitrogens with zero attached hydrogens (tertiary/aromatic N) is 1. The first-order valence-corrected chi connectivity index (χ1v) is 4.51. The number of amides is 1. The van der Waals surface area contributed by atoms with Crippen LogP contribution in [0.15, 0.2) is 0 Å². The highest BCUT2D eigenvalue weighted by molar-refractivity contribution is 8.01. The zero-order chi connectivity index (χ0) is 7.40. The van der Waals surface area contributed by atoms with Gasteiger partial charge in [-0.15, -0.1) is 11.8 Å². The molecule has 1 heterocycles. The molecule has 1 amide bonds. The van der Waals surface area contributed by atoms with Gasteiger partial charge in [0.1, 0.15) is 0 Å². The van der Waals surface area contributed by atoms with Crippen molar-refractivity contribution in [3.8, 4) is 0 Å². The topological polar surface area (TPSA) is 20.3 Å². The highest BCUT2D eigenvalue weighted by atomic mass is 32.2. The van der Waals surface area contributed by atoms with Crippen molar-refractivity contribution in [2.75, 3.05) is 12.3 Å². The highest BCUT2D eigenvalue weighted by Crippen LogP contribution is 2.19. The first-order chi connectivity index (χ1) is 4.84. The zero-order valence-corrected chi connectivity index (χ0v) is 6.91. The molecule has 0 aromatic rings. The molecule has 0 aromatic heterocycles. The van der Waals surface area contributed by atoms with Crippen molar-refractivity contribution < 1.29 is 4.79 Å². The molecule has 1 rings (SSSR count). The Kier molecular flexibility index (Phi) is 3.06. The zero-order valence-electron chi connectivity index (χ0n) is 6.09. The summed E-state index contributed by atoms with van der Waals surface area (Å²) < 4.78 is 0. The van der Waals surface area contributed by atoms with E-state index < -0.39 is 0 Å². The minimum absolute atomic E-state index is 0.223. The summed E-state index contributed by atoms with van der Waals surface area (Å²) in [5.74, 6) is 4.09. The van der Waals surface area contributed by atoms with Gasteiger partial charge in [-0.05, 0) is 6.42 Å². The normalized spacial score (nSPS) is 19.7. The Labute approximate surface area is 66.0 Å². The Morgan fingerprint density at radius 1 is 1.80 bits per heavy atom. The van der Waals surface area contributed by atoms with Gasteiger partial charge in [0, 0.05) is 18.7 Å². The van der Waals surface area contributed by atoms with Crippen LogP contribution in [0.2, 0.25) is 0 Å². The van der Waals surface area contributed by atoms with Crippen LogP contribution in [-0.4, -0.2) is 23.1 Å². The van der Waals surface area contributed by atoms with Crippen molar-refractivity contribution in [2.24, 2.45) is 0 Å². The van der Waals surface area contributed by atoms with E-state index in [9.17, 15) is 4.79 Å². The van der Waals surface area contributed by atoms with E-state index in [4.69, 9.17) is 0 Å². The molecule has 1 aliphatic rings. The van der Waals surface area contributed by atoms with Crippen LogP contribution in [0.3, 0.4) is 0 Å². The lowest BCUT2D eigenvalue weighted by Gasteiger charge is -2.23. The summed E-state index contributed by atoms with van der Waals surface area (Å²) in [7, 11) is 0. The van der Waals surface area contributed by atoms with Gasteiger partial charge in [-0.2, -0.15) is 0 Å². The van der Waals surface area contributed by atoms with Gasteiger partial charge in [-0.1, -0.05) is 6.92 Å². The SMILES string of the molecule is CCCN1[C]SCCC1=O. The fraction of sp³-hybridized carbons (Fsp3) is 0.714. The molecule has 1 fully saturated rings. The van der Waals surface area contributed by atoms with E-state index in [-0.39, 0.29) is 5.91 Å². The second-order valence-electron chi connectivity index (χ2n) is 2.24. The predicted octanol–water partition coefficient (Wildman–Crippen LogP) is 1.36. The molecular formula is C7H11NOS. The van der Waals surface area contributed by atoms with E-state index in [0.29, 0.717) is 6.42 Å². The second kappa shape index (κ2) is 3.86. The fourth-order valence-corrected chi connectivity index (χ4v) is 1.56. The molecule has 0 spiro atoms. The number of carbonyl (C=O) groups excluding carboxylic acids is 1. The van der Waals surface area contributed by atoms with E-state index in [1.165, 1.54) is 0 Å². The third-order valence-corrected chi connectivity index (χ3v) is 2.10. The van der Waals surface area contributed by atoms with Gasteiger partial charge >= 0.3 is 0 Å². The van der Waals surface area contributed by atoms with Crippen molar-refractivity contribution in [2.45, 2.75) is 19.8 Å². The van der Waals surface area contributed by atoms with E-state index in [2.05, 4.69) is 12.8 Å². The molecule has 0 bridgehead atoms. The van der Waals surface area contributed by atoms with Crippen LogP contribution in [0.1, 0.15) is 19.8 Å². The molecule has 1 aliphatic heterocycles. The van der Waals surface area contributed by atoms with E-state index >= 15 is 0 Å². The largest absolute Gasteiger partial charge is 0.322 e. The van der Waals surface area contributed by atoms with E-state index in [1.807, 2.05) is 0 Å². The molecule has 0 aliphatic carbocycles. The van der Waals surface area contributed by atoms with Crippen LogP contribution in [0, 0.1) is 5.88 Å². The monoisotopic (exact) mass is 157 g/mol. The number of thioether (sulfide) groups is 1. The molecule has 0 N–H and O–H groups in total. The third kappa shape index (κ3) is 1.90. The molecule has 1 saturated heterocycles. The molecule has 0 saturated carbocycles. The van der Waals surface area contributed by atoms with Crippen LogP contribution in [-0.2, 0) is 4.79 Å². The van der Waals surface area contributed by atoms with Gasteiger partial charge in [-0.25, -0.2) is 0 Å². The van der Waals surface area contributed by atoms with Crippen molar-refractivity contribution in [1.29, 1.82) is 0 Å². The Hall–Kier alpha value is -0.180. The second-order valence-corrected chi connectivity index (χ2v) is 3.11. The van der Waals surface area contributed by atoms with Crippen molar-refractivity contribution in [1.82, 2.24) is 4.90 Å². The Bertz CT molecular complexity index is 125. The molecule has 0 atom stereocenters. The van der Waals surface area contributed by atoms with Crippen LogP contribution in [0.25, 0.3) is 0 Å². The van der Waals surface area contributed by atoms with Crippen LogP contribution in [0.5, 0.6) is 0 Å². The Morgan fingerprint density at radius 2 is 2.60 bits per heavy atom. The molecule has 2 nitrogen and oxygen atoms in total. The van der Waals surface area contributed by atoms with E-state index in [1.54, 1.807) is 16.7 Å². The maximum atomic E-state index is 11.0. The third-order valence-electron chi connectivity index (χ3n) is 1.34. The molecule has 2 radical (unpaired) electrons. The van der Waals surface area contributed by atoms with Crippen molar-refractivity contribution >= 4 is 17.7 Å². The van der Waals surface area contributed by atoms with Gasteiger partial charge in [-0.3, -0.25) is 4.79 Å². The molecule has 3 heteroatoms. The lowest BCUT2D eigenvalue weighted by Crippen LogP contribution is -2.31. The summed E-state index contributed by atoms with van der Waals surface area (Å²) in [5, 5.41) is 0. The van der Waals surface area contributed by atoms with Gasteiger partial charge < -0.3 is 4.90 Å². The predicted molar refractivity (Wildman–Crippen MR) is 42.3 cm³/mol. The molecule has 0 aromatic carbocycles. The molecule has 0 unspecified atom stereocenters. The summed E-state index contributed by atoms with van der Waals surface area (Å²) >= 11 is 1.60. The molecular weight excluding hydrogens is 146 g/mol. The summed E-state index contributed by atoms with van der Waals surface area (Å²) in [6, 6.07) is 0. The first-order valence-electron chi connectivity index (χ1n) is 3.52. The Balaban J connectivity index is 2.32. The maximum absolute atomic E-state index is 11.0. The lowest BCUT2D eigenvalue weighted by atomic mass is 10.3. The first kappa shape index (κ1) is 7.92. The Morgan fingerprint density at radius 3 is 3.20 bits per heavy atom. The van der Waals surface area contributed by atoms with Crippen LogP contribution >= 0.6 is 11.8 Å². The van der Waals surface area contributed by atoms with Gasteiger partial charge in [0.2, 0.25) is 5.91 Å². The van der Waals surface area contributed by atoms with Crippen molar-refractivity contribution in [3.63, 3.8) is 0 Å². The smallest absolute Gasteiger partial charge is 0.224 e. The number of hydrogen-bond acceptors (Lipinski definition) is 2. The minimum atomic E-state index is 0.223. The van der Waals surface area contributed by atoms with Crippen LogP contribution < -0.4 is 0 Å². The number of rotatable bonds is 2. The summed E-state index contributed by atoms with van der Waals surface area (Å²) in [6.07, 6.45) is 1.69. The fourth-order valence-electron chi connectivity index (χ4n) is 0.842. The number of hydrogen-bond donors (Lipinski definition) is 0. The quantitative estimate of drug-likeness (QED) is 0.603. The van der Waals surface area contributed by atoms with Gasteiger partial charge in [0.25, 0.3) is 0 Å². The summed E-state index contributed by atoms with van der Waals surface area (Å²) in [6.45, 7) is 2.89. The average molecular weight is 157 g/mol. The van der Waals surface area contributed by atoms with E-state index in [0.717, 1.165) is 18.7 Å². The number of carbonyl (C=O) groups is 1. The summed E-state index contributed by atoms with van der Waals surface area (Å²) in [4.78, 5) is 12.7. The molecule has 56 valence electrons. The highest BCUT2D eigenvalue weighted by Gasteiger charge is 2.17. The van der Waals surface area contributed by atoms with Crippen molar-refractivity contribution in [3.05, 3.63) is 5.88 Å². The lowest BCUT2D eigenvalue weighted by molar-refractivity contribution is -0.128. The average Bonchev–Trinajstić information content (AvgIpc) is 1.94. The minimum Gasteiger partial charge on any atom is -0.322 e. The molecule has 10 heavy (non-hydrogen) atoms. The maximum Gasteiger partial charge on any atom is 0.224 e. The van der Waals surface area contributed by atoms with Crippen LogP contribution in [0.4, 0.5) is 0 Å². The van der Waals surface area contributed by atoms with Gasteiger partial charge in [0.05, 0.1) is 0 Å².